The van der Waals surface area contributed by atoms with Gasteiger partial charge in [0.1, 0.15) is 6.10 Å². The number of nitrogens with two attached hydrogens (primary N) is 1. The van der Waals surface area contributed by atoms with Crippen molar-refractivity contribution in [1.82, 2.24) is 5.32 Å². The summed E-state index contributed by atoms with van der Waals surface area (Å²) in [6, 6.07) is 5.45. The van der Waals surface area contributed by atoms with Crippen LogP contribution in [0.15, 0.2) is 18.2 Å². The van der Waals surface area contributed by atoms with Gasteiger partial charge < -0.3 is 21.3 Å². The van der Waals surface area contributed by atoms with E-state index in [-0.39, 0.29) is 0 Å². The van der Waals surface area contributed by atoms with Crippen molar-refractivity contribution in [2.24, 2.45) is 5.73 Å². The van der Waals surface area contributed by atoms with Gasteiger partial charge in [-0.25, -0.2) is 0 Å². The first-order valence-electron chi connectivity index (χ1n) is 5.57. The summed E-state index contributed by atoms with van der Waals surface area (Å²) in [4.78, 5) is 10.8. The van der Waals surface area contributed by atoms with Crippen LogP contribution in [0.25, 0.3) is 0 Å². The minimum Gasteiger partial charge on any atom is -0.385 e. The van der Waals surface area contributed by atoms with Gasteiger partial charge in [0.15, 0.2) is 6.10 Å². The molecular formula is C12H16N2O3. The van der Waals surface area contributed by atoms with E-state index in [1.807, 2.05) is 6.07 Å². The SMILES string of the molecule is NC(=O)C(O)C(O)c1ccc2c(c1)CNCC2. The number of nitrogens with one attached hydrogen (secondary N) is 1. The van der Waals surface area contributed by atoms with Crippen molar-refractivity contribution in [3.05, 3.63) is 34.9 Å². The van der Waals surface area contributed by atoms with E-state index >= 15 is 0 Å². The number of hydrogen-bond donors (Lipinski definition) is 4. The molecule has 2 atom stereocenters. The lowest BCUT2D eigenvalue weighted by molar-refractivity contribution is -0.131. The average molecular weight is 236 g/mol. The lowest BCUT2D eigenvalue weighted by Crippen LogP contribution is -2.34. The molecular weight excluding hydrogens is 220 g/mol. The summed E-state index contributed by atoms with van der Waals surface area (Å²) in [6.07, 6.45) is -1.88. The van der Waals surface area contributed by atoms with Gasteiger partial charge in [-0.2, -0.15) is 0 Å². The highest BCUT2D eigenvalue weighted by molar-refractivity contribution is 5.79. The van der Waals surface area contributed by atoms with Gasteiger partial charge in [0.25, 0.3) is 0 Å². The Morgan fingerprint density at radius 2 is 2.12 bits per heavy atom. The second kappa shape index (κ2) is 4.83. The smallest absolute Gasteiger partial charge is 0.249 e. The molecule has 1 aliphatic heterocycles. The van der Waals surface area contributed by atoms with Crippen LogP contribution in [0.5, 0.6) is 0 Å². The van der Waals surface area contributed by atoms with Crippen LogP contribution in [0.4, 0.5) is 0 Å². The van der Waals surface area contributed by atoms with Crippen molar-refractivity contribution in [3.8, 4) is 0 Å². The third kappa shape index (κ3) is 2.46. The van der Waals surface area contributed by atoms with Gasteiger partial charge in [-0.05, 0) is 29.7 Å². The number of carbonyl (C=O) groups is 1. The van der Waals surface area contributed by atoms with Crippen LogP contribution < -0.4 is 11.1 Å². The highest BCUT2D eigenvalue weighted by Gasteiger charge is 2.24. The Kier molecular flexibility index (Phi) is 3.42. The number of amides is 1. The Labute approximate surface area is 99.3 Å². The van der Waals surface area contributed by atoms with E-state index in [2.05, 4.69) is 5.32 Å². The Hall–Kier alpha value is -1.43. The molecule has 5 N–H and O–H groups in total. The van der Waals surface area contributed by atoms with Crippen LogP contribution in [0.1, 0.15) is 22.8 Å². The maximum absolute atomic E-state index is 10.8. The highest BCUT2D eigenvalue weighted by Crippen LogP contribution is 2.22. The molecule has 0 aromatic heterocycles. The summed E-state index contributed by atoms with van der Waals surface area (Å²) in [5.41, 5.74) is 7.78. The van der Waals surface area contributed by atoms with E-state index in [4.69, 9.17) is 5.73 Å². The monoisotopic (exact) mass is 236 g/mol. The van der Waals surface area contributed by atoms with Crippen molar-refractivity contribution >= 4 is 5.91 Å². The van der Waals surface area contributed by atoms with Gasteiger partial charge in [0.2, 0.25) is 5.91 Å². The van der Waals surface area contributed by atoms with Crippen molar-refractivity contribution in [1.29, 1.82) is 0 Å². The lowest BCUT2D eigenvalue weighted by Gasteiger charge is -2.21. The Morgan fingerprint density at radius 3 is 2.82 bits per heavy atom. The fraction of sp³-hybridized carbons (Fsp3) is 0.417. The molecule has 1 heterocycles. The van der Waals surface area contributed by atoms with Crippen molar-refractivity contribution in [2.75, 3.05) is 6.54 Å². The number of primary amides is 1. The topological polar surface area (TPSA) is 95.6 Å². The number of hydrogen-bond acceptors (Lipinski definition) is 4. The van der Waals surface area contributed by atoms with Crippen molar-refractivity contribution < 1.29 is 15.0 Å². The molecule has 0 radical (unpaired) electrons. The first kappa shape index (κ1) is 12.0. The van der Waals surface area contributed by atoms with Crippen LogP contribution >= 0.6 is 0 Å². The summed E-state index contributed by atoms with van der Waals surface area (Å²) >= 11 is 0. The first-order chi connectivity index (χ1) is 8.09. The quantitative estimate of drug-likeness (QED) is 0.553. The second-order valence-corrected chi connectivity index (χ2v) is 4.25. The van der Waals surface area contributed by atoms with Crippen molar-refractivity contribution in [2.45, 2.75) is 25.2 Å². The number of aliphatic hydroxyl groups excluding tert-OH is 2. The van der Waals surface area contributed by atoms with Crippen molar-refractivity contribution in [3.63, 3.8) is 0 Å². The van der Waals surface area contributed by atoms with E-state index in [1.165, 1.54) is 5.56 Å². The zero-order chi connectivity index (χ0) is 12.4. The number of aliphatic hydroxyl groups is 2. The maximum Gasteiger partial charge on any atom is 0.249 e. The van der Waals surface area contributed by atoms with Crippen LogP contribution in [-0.4, -0.2) is 28.8 Å². The Balaban J connectivity index is 2.24. The number of rotatable bonds is 3. The lowest BCUT2D eigenvalue weighted by atomic mass is 9.95. The van der Waals surface area contributed by atoms with Crippen LogP contribution in [0.2, 0.25) is 0 Å². The molecule has 17 heavy (non-hydrogen) atoms. The highest BCUT2D eigenvalue weighted by atomic mass is 16.3. The fourth-order valence-electron chi connectivity index (χ4n) is 2.02. The minimum absolute atomic E-state index is 0.513. The predicted octanol–water partition coefficient (Wildman–Crippen LogP) is -0.788. The average Bonchev–Trinajstić information content (AvgIpc) is 2.36. The third-order valence-electron chi connectivity index (χ3n) is 3.05. The number of fused-ring (bicyclic) bond motifs is 1. The maximum atomic E-state index is 10.8. The van der Waals surface area contributed by atoms with Gasteiger partial charge in [-0.3, -0.25) is 4.79 Å². The largest absolute Gasteiger partial charge is 0.385 e. The molecule has 0 bridgehead atoms. The van der Waals surface area contributed by atoms with E-state index in [1.54, 1.807) is 12.1 Å². The fourth-order valence-corrected chi connectivity index (χ4v) is 2.02. The Morgan fingerprint density at radius 1 is 1.35 bits per heavy atom. The van der Waals surface area contributed by atoms with Crippen LogP contribution in [-0.2, 0) is 17.8 Å². The molecule has 5 nitrogen and oxygen atoms in total. The molecule has 0 saturated heterocycles. The minimum atomic E-state index is -1.57. The standard InChI is InChI=1S/C12H16N2O3/c13-12(17)11(16)10(15)8-2-1-7-3-4-14-6-9(7)5-8/h1-2,5,10-11,14-16H,3-4,6H2,(H2,13,17). The second-order valence-electron chi connectivity index (χ2n) is 4.25. The van der Waals surface area contributed by atoms with Gasteiger partial charge in [-0.15, -0.1) is 0 Å². The van der Waals surface area contributed by atoms with Crippen LogP contribution in [0.3, 0.4) is 0 Å². The number of benzene rings is 1. The number of carbonyl (C=O) groups excluding carboxylic acids is 1. The van der Waals surface area contributed by atoms with Gasteiger partial charge >= 0.3 is 0 Å². The molecule has 0 saturated carbocycles. The zero-order valence-electron chi connectivity index (χ0n) is 9.39. The molecule has 1 aromatic carbocycles. The van der Waals surface area contributed by atoms with Gasteiger partial charge in [0.05, 0.1) is 0 Å². The van der Waals surface area contributed by atoms with Gasteiger partial charge in [0, 0.05) is 6.54 Å². The van der Waals surface area contributed by atoms with E-state index < -0.39 is 18.1 Å². The van der Waals surface area contributed by atoms with Crippen LogP contribution in [0, 0.1) is 0 Å². The zero-order valence-corrected chi connectivity index (χ0v) is 9.39. The van der Waals surface area contributed by atoms with E-state index in [0.717, 1.165) is 25.1 Å². The summed E-state index contributed by atoms with van der Waals surface area (Å²) in [5, 5.41) is 22.4. The molecule has 5 heteroatoms. The molecule has 1 aromatic rings. The summed E-state index contributed by atoms with van der Waals surface area (Å²) in [7, 11) is 0. The van der Waals surface area contributed by atoms with Gasteiger partial charge in [-0.1, -0.05) is 18.2 Å². The molecule has 1 aliphatic rings. The summed E-state index contributed by atoms with van der Waals surface area (Å²) < 4.78 is 0. The third-order valence-corrected chi connectivity index (χ3v) is 3.05. The normalized spacial score (nSPS) is 18.2. The molecule has 2 rings (SSSR count). The summed E-state index contributed by atoms with van der Waals surface area (Å²) in [6.45, 7) is 1.68. The van der Waals surface area contributed by atoms with E-state index in [9.17, 15) is 15.0 Å². The molecule has 92 valence electrons. The van der Waals surface area contributed by atoms with E-state index in [0.29, 0.717) is 5.56 Å². The molecule has 2 unspecified atom stereocenters. The molecule has 1 amide bonds. The molecule has 0 aliphatic carbocycles. The predicted molar refractivity (Wildman–Crippen MR) is 62.0 cm³/mol. The Bertz CT molecular complexity index is 434. The molecule has 0 fully saturated rings. The summed E-state index contributed by atoms with van der Waals surface area (Å²) in [5.74, 6) is -0.923. The molecule has 0 spiro atoms. The first-order valence-corrected chi connectivity index (χ1v) is 5.57.